The van der Waals surface area contributed by atoms with E-state index in [1.54, 1.807) is 7.11 Å². The van der Waals surface area contributed by atoms with Gasteiger partial charge in [-0.1, -0.05) is 24.3 Å². The summed E-state index contributed by atoms with van der Waals surface area (Å²) >= 11 is 0. The van der Waals surface area contributed by atoms with Crippen molar-refractivity contribution in [3.63, 3.8) is 0 Å². The Hall–Kier alpha value is -3.34. The lowest BCUT2D eigenvalue weighted by molar-refractivity contribution is -0.116. The van der Waals surface area contributed by atoms with Crippen molar-refractivity contribution in [3.8, 4) is 5.75 Å². The van der Waals surface area contributed by atoms with E-state index < -0.39 is 0 Å². The van der Waals surface area contributed by atoms with E-state index in [0.717, 1.165) is 27.7 Å². The van der Waals surface area contributed by atoms with Crippen molar-refractivity contribution >= 4 is 33.4 Å². The Bertz CT molecular complexity index is 1130. The zero-order chi connectivity index (χ0) is 18.8. The molecule has 0 fully saturated rings. The van der Waals surface area contributed by atoms with Gasteiger partial charge in [0, 0.05) is 28.4 Å². The fraction of sp³-hybridized carbons (Fsp3) is 0.182. The summed E-state index contributed by atoms with van der Waals surface area (Å²) in [6.45, 7) is 1.98. The van der Waals surface area contributed by atoms with E-state index in [0.29, 0.717) is 24.3 Å². The zero-order valence-corrected chi connectivity index (χ0v) is 15.4. The van der Waals surface area contributed by atoms with Gasteiger partial charge in [0.2, 0.25) is 5.91 Å². The molecular formula is C22H21N3O2. The number of amides is 1. The molecule has 0 bridgehead atoms. The Labute approximate surface area is 157 Å². The average molecular weight is 359 g/mol. The summed E-state index contributed by atoms with van der Waals surface area (Å²) in [6, 6.07) is 16.0. The molecule has 5 heteroatoms. The summed E-state index contributed by atoms with van der Waals surface area (Å²) in [4.78, 5) is 20.2. The van der Waals surface area contributed by atoms with Crippen LogP contribution in [0.2, 0.25) is 0 Å². The topological polar surface area (TPSA) is 67.0 Å². The highest BCUT2D eigenvalue weighted by molar-refractivity contribution is 6.07. The predicted octanol–water partition coefficient (Wildman–Crippen LogP) is 4.60. The Morgan fingerprint density at radius 2 is 1.96 bits per heavy atom. The maximum atomic E-state index is 12.4. The second kappa shape index (κ2) is 7.11. The largest absolute Gasteiger partial charge is 0.495 e. The van der Waals surface area contributed by atoms with Gasteiger partial charge in [0.1, 0.15) is 5.75 Å². The van der Waals surface area contributed by atoms with Gasteiger partial charge in [-0.15, -0.1) is 0 Å². The van der Waals surface area contributed by atoms with Crippen LogP contribution in [-0.4, -0.2) is 23.0 Å². The summed E-state index contributed by atoms with van der Waals surface area (Å²) in [5.41, 5.74) is 4.77. The molecule has 2 heterocycles. The van der Waals surface area contributed by atoms with Gasteiger partial charge in [-0.05, 0) is 43.2 Å². The number of anilines is 1. The van der Waals surface area contributed by atoms with Crippen molar-refractivity contribution < 1.29 is 9.53 Å². The molecule has 4 rings (SSSR count). The first-order valence-electron chi connectivity index (χ1n) is 8.94. The van der Waals surface area contributed by atoms with Gasteiger partial charge in [-0.2, -0.15) is 0 Å². The fourth-order valence-electron chi connectivity index (χ4n) is 3.30. The van der Waals surface area contributed by atoms with E-state index in [1.807, 2.05) is 43.5 Å². The lowest BCUT2D eigenvalue weighted by atomic mass is 10.1. The minimum absolute atomic E-state index is 0.0558. The van der Waals surface area contributed by atoms with Crippen molar-refractivity contribution in [2.24, 2.45) is 0 Å². The number of hydrogen-bond donors (Lipinski definition) is 2. The summed E-state index contributed by atoms with van der Waals surface area (Å²) in [5, 5.41) is 5.24. The second-order valence-electron chi connectivity index (χ2n) is 6.64. The van der Waals surface area contributed by atoms with Gasteiger partial charge in [-0.3, -0.25) is 9.78 Å². The average Bonchev–Trinajstić information content (AvgIpc) is 3.04. The molecule has 0 aliphatic heterocycles. The number of carbonyl (C=O) groups is 1. The van der Waals surface area contributed by atoms with Crippen LogP contribution in [0, 0.1) is 6.92 Å². The Kier molecular flexibility index (Phi) is 4.50. The molecule has 0 aliphatic rings. The molecule has 27 heavy (non-hydrogen) atoms. The molecule has 0 saturated heterocycles. The molecule has 1 amide bonds. The summed E-state index contributed by atoms with van der Waals surface area (Å²) < 4.78 is 5.31. The number of H-pyrrole nitrogens is 1. The van der Waals surface area contributed by atoms with E-state index >= 15 is 0 Å². The Balaban J connectivity index is 1.49. The molecule has 0 radical (unpaired) electrons. The van der Waals surface area contributed by atoms with Gasteiger partial charge >= 0.3 is 0 Å². The third-order valence-electron chi connectivity index (χ3n) is 4.68. The number of pyridine rings is 1. The van der Waals surface area contributed by atoms with Crippen LogP contribution in [0.25, 0.3) is 21.8 Å². The lowest BCUT2D eigenvalue weighted by Gasteiger charge is -2.11. The normalized spacial score (nSPS) is 11.0. The van der Waals surface area contributed by atoms with Crippen LogP contribution in [-0.2, 0) is 11.2 Å². The molecule has 0 aliphatic carbocycles. The molecule has 2 N–H and O–H groups in total. The van der Waals surface area contributed by atoms with Crippen LogP contribution in [0.15, 0.2) is 54.7 Å². The van der Waals surface area contributed by atoms with Gasteiger partial charge < -0.3 is 15.0 Å². The summed E-state index contributed by atoms with van der Waals surface area (Å²) in [5.74, 6) is 0.604. The number of benzene rings is 2. The number of methoxy groups -OCH3 is 1. The molecule has 2 aromatic heterocycles. The van der Waals surface area contributed by atoms with Gasteiger partial charge in [0.25, 0.3) is 0 Å². The number of ether oxygens (including phenoxy) is 1. The number of para-hydroxylation sites is 1. The summed E-state index contributed by atoms with van der Waals surface area (Å²) in [7, 11) is 1.60. The van der Waals surface area contributed by atoms with Gasteiger partial charge in [0.15, 0.2) is 0 Å². The molecule has 0 atom stereocenters. The third kappa shape index (κ3) is 3.49. The van der Waals surface area contributed by atoms with Crippen molar-refractivity contribution in [1.29, 1.82) is 0 Å². The van der Waals surface area contributed by atoms with E-state index in [1.165, 1.54) is 5.39 Å². The monoisotopic (exact) mass is 359 g/mol. The smallest absolute Gasteiger partial charge is 0.224 e. The van der Waals surface area contributed by atoms with Crippen LogP contribution >= 0.6 is 0 Å². The number of rotatable bonds is 5. The van der Waals surface area contributed by atoms with Crippen LogP contribution in [0.1, 0.15) is 17.7 Å². The molecule has 0 saturated carbocycles. The number of aryl methyl sites for hydroxylation is 2. The second-order valence-corrected chi connectivity index (χ2v) is 6.64. The van der Waals surface area contributed by atoms with E-state index in [-0.39, 0.29) is 5.91 Å². The van der Waals surface area contributed by atoms with Crippen LogP contribution in [0.5, 0.6) is 5.75 Å². The first-order chi connectivity index (χ1) is 13.1. The first-order valence-corrected chi connectivity index (χ1v) is 8.94. The van der Waals surface area contributed by atoms with Gasteiger partial charge in [-0.25, -0.2) is 0 Å². The zero-order valence-electron chi connectivity index (χ0n) is 15.4. The number of hydrogen-bond acceptors (Lipinski definition) is 3. The minimum Gasteiger partial charge on any atom is -0.495 e. The van der Waals surface area contributed by atoms with E-state index in [9.17, 15) is 4.79 Å². The fourth-order valence-corrected chi connectivity index (χ4v) is 3.30. The first kappa shape index (κ1) is 17.1. The highest BCUT2D eigenvalue weighted by Crippen LogP contribution is 2.26. The SMILES string of the molecule is COc1ccc(C)cc1NC(=O)CCc1cc2c(cn1)[nH]c1ccccc12. The number of nitrogens with zero attached hydrogens (tertiary/aromatic N) is 1. The highest BCUT2D eigenvalue weighted by Gasteiger charge is 2.10. The molecular weight excluding hydrogens is 338 g/mol. The highest BCUT2D eigenvalue weighted by atomic mass is 16.5. The van der Waals surface area contributed by atoms with Crippen molar-refractivity contribution in [2.75, 3.05) is 12.4 Å². The Morgan fingerprint density at radius 1 is 1.11 bits per heavy atom. The molecule has 4 aromatic rings. The Morgan fingerprint density at radius 3 is 2.81 bits per heavy atom. The molecule has 0 spiro atoms. The number of carbonyl (C=O) groups excluding carboxylic acids is 1. The predicted molar refractivity (Wildman–Crippen MR) is 108 cm³/mol. The number of nitrogens with one attached hydrogen (secondary N) is 2. The molecule has 0 unspecified atom stereocenters. The number of fused-ring (bicyclic) bond motifs is 3. The quantitative estimate of drug-likeness (QED) is 0.547. The maximum Gasteiger partial charge on any atom is 0.224 e. The van der Waals surface area contributed by atoms with Crippen LogP contribution < -0.4 is 10.1 Å². The lowest BCUT2D eigenvalue weighted by Crippen LogP contribution is -2.13. The van der Waals surface area contributed by atoms with Crippen molar-refractivity contribution in [1.82, 2.24) is 9.97 Å². The number of aromatic amines is 1. The summed E-state index contributed by atoms with van der Waals surface area (Å²) in [6.07, 6.45) is 2.78. The molecule has 2 aromatic carbocycles. The van der Waals surface area contributed by atoms with Gasteiger partial charge in [0.05, 0.1) is 24.5 Å². The van der Waals surface area contributed by atoms with Crippen LogP contribution in [0.4, 0.5) is 5.69 Å². The number of aromatic nitrogens is 2. The van der Waals surface area contributed by atoms with E-state index in [4.69, 9.17) is 4.74 Å². The van der Waals surface area contributed by atoms with Crippen molar-refractivity contribution in [2.45, 2.75) is 19.8 Å². The van der Waals surface area contributed by atoms with E-state index in [2.05, 4.69) is 33.5 Å². The minimum atomic E-state index is -0.0558. The third-order valence-corrected chi connectivity index (χ3v) is 4.68. The van der Waals surface area contributed by atoms with Crippen molar-refractivity contribution in [3.05, 3.63) is 66.0 Å². The maximum absolute atomic E-state index is 12.4. The molecule has 5 nitrogen and oxygen atoms in total. The standard InChI is InChI=1S/C22H21N3O2/c1-14-7-9-21(27-2)19(11-14)25-22(26)10-8-15-12-17-16-5-3-4-6-18(16)24-20(17)13-23-15/h3-7,9,11-13,24H,8,10H2,1-2H3,(H,25,26). The molecule has 136 valence electrons. The van der Waals surface area contributed by atoms with Crippen LogP contribution in [0.3, 0.4) is 0 Å².